The summed E-state index contributed by atoms with van der Waals surface area (Å²) in [6.07, 6.45) is 1.32. The molecule has 25 heavy (non-hydrogen) atoms. The van der Waals surface area contributed by atoms with Crippen LogP contribution in [-0.4, -0.2) is 65.0 Å². The third-order valence-corrected chi connectivity index (χ3v) is 4.20. The molecule has 1 aromatic carbocycles. The van der Waals surface area contributed by atoms with Crippen LogP contribution in [0.25, 0.3) is 10.9 Å². The molecule has 0 unspecified atom stereocenters. The van der Waals surface area contributed by atoms with Gasteiger partial charge in [-0.3, -0.25) is 4.98 Å². The molecule has 8 nitrogen and oxygen atoms in total. The maximum Gasteiger partial charge on any atom is 0.339 e. The van der Waals surface area contributed by atoms with Gasteiger partial charge in [-0.2, -0.15) is 0 Å². The number of hydrazine groups is 1. The summed E-state index contributed by atoms with van der Waals surface area (Å²) in [4.78, 5) is 27.3. The van der Waals surface area contributed by atoms with E-state index in [1.165, 1.54) is 18.3 Å². The summed E-state index contributed by atoms with van der Waals surface area (Å²) < 4.78 is 5.37. The fraction of sp³-hybridized carbons (Fsp3) is 0.353. The molecule has 3 rings (SSSR count). The molecule has 1 aromatic heterocycles. The van der Waals surface area contributed by atoms with Crippen molar-refractivity contribution in [2.24, 2.45) is 0 Å². The molecule has 1 saturated heterocycles. The predicted molar refractivity (Wildman–Crippen MR) is 91.1 cm³/mol. The number of aromatic nitrogens is 1. The minimum absolute atomic E-state index is 0.0448. The lowest BCUT2D eigenvalue weighted by Gasteiger charge is -2.39. The molecule has 0 saturated carbocycles. The number of ether oxygens (including phenoxy) is 1. The number of carboxylic acids is 2. The van der Waals surface area contributed by atoms with E-state index in [1.807, 2.05) is 16.9 Å². The second kappa shape index (κ2) is 7.04. The average Bonchev–Trinajstić information content (AvgIpc) is 2.62. The van der Waals surface area contributed by atoms with Crippen LogP contribution in [-0.2, 0) is 4.74 Å². The molecule has 2 aromatic rings. The highest BCUT2D eigenvalue weighted by Gasteiger charge is 2.25. The van der Waals surface area contributed by atoms with Crippen LogP contribution in [0.2, 0.25) is 0 Å². The van der Waals surface area contributed by atoms with Crippen molar-refractivity contribution < 1.29 is 24.5 Å². The first-order valence-corrected chi connectivity index (χ1v) is 8.02. The Kier molecular flexibility index (Phi) is 4.82. The number of hydrogen-bond donors (Lipinski definition) is 2. The smallest absolute Gasteiger partial charge is 0.339 e. The van der Waals surface area contributed by atoms with Crippen molar-refractivity contribution >= 4 is 28.5 Å². The van der Waals surface area contributed by atoms with Gasteiger partial charge in [0, 0.05) is 31.2 Å². The van der Waals surface area contributed by atoms with Crippen LogP contribution in [0.4, 0.5) is 5.69 Å². The zero-order valence-corrected chi connectivity index (χ0v) is 13.8. The van der Waals surface area contributed by atoms with Crippen LogP contribution in [0.3, 0.4) is 0 Å². The Balaban J connectivity index is 2.23. The molecule has 0 amide bonds. The molecular formula is C17H19N3O5. The van der Waals surface area contributed by atoms with Gasteiger partial charge in [0.05, 0.1) is 30.0 Å². The van der Waals surface area contributed by atoms with Crippen molar-refractivity contribution in [3.8, 4) is 0 Å². The van der Waals surface area contributed by atoms with E-state index in [0.717, 1.165) is 0 Å². The van der Waals surface area contributed by atoms with E-state index in [9.17, 15) is 19.8 Å². The number of carboxylic acid groups (broad SMARTS) is 2. The van der Waals surface area contributed by atoms with Crippen molar-refractivity contribution in [3.63, 3.8) is 0 Å². The maximum absolute atomic E-state index is 11.8. The Morgan fingerprint density at radius 3 is 2.56 bits per heavy atom. The Morgan fingerprint density at radius 1 is 1.24 bits per heavy atom. The number of nitrogens with zero attached hydrogens (tertiary/aromatic N) is 3. The number of fused-ring (bicyclic) bond motifs is 1. The summed E-state index contributed by atoms with van der Waals surface area (Å²) in [5, 5.41) is 23.3. The molecule has 1 aliphatic heterocycles. The van der Waals surface area contributed by atoms with Crippen LogP contribution >= 0.6 is 0 Å². The minimum Gasteiger partial charge on any atom is -0.478 e. The van der Waals surface area contributed by atoms with E-state index < -0.39 is 11.9 Å². The Labute approximate surface area is 144 Å². The molecule has 8 heteroatoms. The average molecular weight is 345 g/mol. The van der Waals surface area contributed by atoms with Crippen LogP contribution in [0, 0.1) is 0 Å². The molecule has 132 valence electrons. The Bertz CT molecular complexity index is 812. The molecule has 0 atom stereocenters. The number of aromatic carboxylic acids is 2. The largest absolute Gasteiger partial charge is 0.478 e. The van der Waals surface area contributed by atoms with Crippen molar-refractivity contribution in [2.45, 2.75) is 6.92 Å². The highest BCUT2D eigenvalue weighted by molar-refractivity contribution is 6.06. The lowest BCUT2D eigenvalue weighted by molar-refractivity contribution is 0.0322. The third kappa shape index (κ3) is 3.26. The van der Waals surface area contributed by atoms with Crippen LogP contribution in [0.5, 0.6) is 0 Å². The van der Waals surface area contributed by atoms with Gasteiger partial charge in [0.2, 0.25) is 0 Å². The summed E-state index contributed by atoms with van der Waals surface area (Å²) in [5.41, 5.74) is 1.15. The van der Waals surface area contributed by atoms with Gasteiger partial charge in [-0.15, -0.1) is 0 Å². The monoisotopic (exact) mass is 345 g/mol. The van der Waals surface area contributed by atoms with E-state index >= 15 is 0 Å². The topological polar surface area (TPSA) is 103 Å². The Hall–Kier alpha value is -2.71. The third-order valence-electron chi connectivity index (χ3n) is 4.20. The molecule has 0 bridgehead atoms. The number of hydrogen-bond acceptors (Lipinski definition) is 6. The van der Waals surface area contributed by atoms with Crippen LogP contribution < -0.4 is 5.01 Å². The standard InChI is InChI=1S/C17H19N3O5/c1-2-20(19-5-7-25-8-6-19)15-12-9-11(16(21)22)3-4-14(12)18-10-13(15)17(23)24/h3-4,9-10H,2,5-8H2,1H3,(H,21,22)(H,23,24). The number of pyridine rings is 1. The fourth-order valence-electron chi connectivity index (χ4n) is 3.04. The first kappa shape index (κ1) is 17.1. The van der Waals surface area contributed by atoms with Crippen LogP contribution in [0.15, 0.2) is 24.4 Å². The molecule has 0 spiro atoms. The molecule has 0 radical (unpaired) electrons. The fourth-order valence-corrected chi connectivity index (χ4v) is 3.04. The number of carbonyl (C=O) groups is 2. The predicted octanol–water partition coefficient (Wildman–Crippen LogP) is 1.70. The Morgan fingerprint density at radius 2 is 1.96 bits per heavy atom. The maximum atomic E-state index is 11.8. The second-order valence-electron chi connectivity index (χ2n) is 5.64. The van der Waals surface area contributed by atoms with Gasteiger partial charge < -0.3 is 20.0 Å². The summed E-state index contributed by atoms with van der Waals surface area (Å²) in [6, 6.07) is 4.55. The summed E-state index contributed by atoms with van der Waals surface area (Å²) in [5.74, 6) is -2.17. The molecule has 2 heterocycles. The van der Waals surface area contributed by atoms with E-state index in [0.29, 0.717) is 49.4 Å². The highest BCUT2D eigenvalue weighted by atomic mass is 16.5. The van der Waals surface area contributed by atoms with Gasteiger partial charge >= 0.3 is 11.9 Å². The molecule has 1 aliphatic rings. The lowest BCUT2D eigenvalue weighted by atomic mass is 10.1. The van der Waals surface area contributed by atoms with Crippen molar-refractivity contribution in [3.05, 3.63) is 35.5 Å². The number of rotatable bonds is 5. The zero-order chi connectivity index (χ0) is 18.0. The van der Waals surface area contributed by atoms with E-state index in [-0.39, 0.29) is 11.1 Å². The number of benzene rings is 1. The van der Waals surface area contributed by atoms with Crippen molar-refractivity contribution in [1.29, 1.82) is 0 Å². The normalized spacial score (nSPS) is 15.2. The molecule has 1 fully saturated rings. The molecular weight excluding hydrogens is 326 g/mol. The second-order valence-corrected chi connectivity index (χ2v) is 5.64. The van der Waals surface area contributed by atoms with Gasteiger partial charge in [-0.1, -0.05) is 0 Å². The lowest BCUT2D eigenvalue weighted by Crippen LogP contribution is -2.49. The van der Waals surface area contributed by atoms with Gasteiger partial charge in [0.15, 0.2) is 0 Å². The van der Waals surface area contributed by atoms with E-state index in [4.69, 9.17) is 4.74 Å². The molecule has 2 N–H and O–H groups in total. The first-order chi connectivity index (χ1) is 12.0. The molecule has 0 aliphatic carbocycles. The van der Waals surface area contributed by atoms with Gasteiger partial charge in [-0.05, 0) is 25.1 Å². The van der Waals surface area contributed by atoms with Gasteiger partial charge in [0.25, 0.3) is 0 Å². The first-order valence-electron chi connectivity index (χ1n) is 8.02. The summed E-state index contributed by atoms with van der Waals surface area (Å²) >= 11 is 0. The zero-order valence-electron chi connectivity index (χ0n) is 13.8. The van der Waals surface area contributed by atoms with Gasteiger partial charge in [0.1, 0.15) is 5.56 Å². The van der Waals surface area contributed by atoms with E-state index in [1.54, 1.807) is 6.07 Å². The van der Waals surface area contributed by atoms with Crippen LogP contribution in [0.1, 0.15) is 27.6 Å². The SMILES string of the molecule is CCN(c1c(C(=O)O)cnc2ccc(C(=O)O)cc12)N1CCOCC1. The highest BCUT2D eigenvalue weighted by Crippen LogP contribution is 2.32. The van der Waals surface area contributed by atoms with E-state index in [2.05, 4.69) is 4.98 Å². The minimum atomic E-state index is -1.10. The summed E-state index contributed by atoms with van der Waals surface area (Å²) in [7, 11) is 0. The van der Waals surface area contributed by atoms with Gasteiger partial charge in [-0.25, -0.2) is 14.6 Å². The quantitative estimate of drug-likeness (QED) is 0.844. The van der Waals surface area contributed by atoms with Crippen molar-refractivity contribution in [1.82, 2.24) is 9.99 Å². The summed E-state index contributed by atoms with van der Waals surface area (Å²) in [6.45, 7) is 4.85. The number of morpholine rings is 1. The number of anilines is 1. The van der Waals surface area contributed by atoms with Crippen molar-refractivity contribution in [2.75, 3.05) is 37.9 Å².